The molecule has 0 radical (unpaired) electrons. The van der Waals surface area contributed by atoms with E-state index in [4.69, 9.17) is 0 Å². The standard InChI is InChI=1S/C17H26N2O/c1-4-15-8-10-16(11-9-15)18-17(20)12-19-13(2)6-5-7-14(19)3/h8-11,13-14H,4-7,12H2,1-3H3,(H,18,20). The van der Waals surface area contributed by atoms with E-state index >= 15 is 0 Å². The number of likely N-dealkylation sites (tertiary alicyclic amines) is 1. The van der Waals surface area contributed by atoms with Gasteiger partial charge in [-0.1, -0.05) is 25.5 Å². The van der Waals surface area contributed by atoms with Gasteiger partial charge in [0.2, 0.25) is 5.91 Å². The van der Waals surface area contributed by atoms with Gasteiger partial charge in [0.1, 0.15) is 0 Å². The minimum atomic E-state index is 0.0925. The number of carbonyl (C=O) groups excluding carboxylic acids is 1. The molecule has 2 rings (SSSR count). The first kappa shape index (κ1) is 15.0. The minimum absolute atomic E-state index is 0.0925. The summed E-state index contributed by atoms with van der Waals surface area (Å²) in [5, 5.41) is 3.00. The number of hydrogen-bond acceptors (Lipinski definition) is 2. The lowest BCUT2D eigenvalue weighted by Gasteiger charge is -2.38. The summed E-state index contributed by atoms with van der Waals surface area (Å²) in [5.41, 5.74) is 2.19. The summed E-state index contributed by atoms with van der Waals surface area (Å²) in [6.45, 7) is 7.07. The van der Waals surface area contributed by atoms with Crippen LogP contribution < -0.4 is 5.32 Å². The lowest BCUT2D eigenvalue weighted by molar-refractivity contribution is -0.118. The average Bonchev–Trinajstić information content (AvgIpc) is 2.44. The molecule has 1 aliphatic heterocycles. The third kappa shape index (κ3) is 3.83. The zero-order chi connectivity index (χ0) is 14.5. The van der Waals surface area contributed by atoms with Crippen LogP contribution in [0.3, 0.4) is 0 Å². The average molecular weight is 274 g/mol. The Balaban J connectivity index is 1.90. The van der Waals surface area contributed by atoms with E-state index in [1.54, 1.807) is 0 Å². The molecule has 20 heavy (non-hydrogen) atoms. The fraction of sp³-hybridized carbons (Fsp3) is 0.588. The molecule has 0 spiro atoms. The minimum Gasteiger partial charge on any atom is -0.325 e. The highest BCUT2D eigenvalue weighted by molar-refractivity contribution is 5.92. The second-order valence-electron chi connectivity index (χ2n) is 5.90. The first-order valence-corrected chi connectivity index (χ1v) is 7.74. The van der Waals surface area contributed by atoms with Crippen LogP contribution in [0.5, 0.6) is 0 Å². The molecule has 3 nitrogen and oxygen atoms in total. The predicted octanol–water partition coefficient (Wildman–Crippen LogP) is 3.45. The highest BCUT2D eigenvalue weighted by Crippen LogP contribution is 2.22. The van der Waals surface area contributed by atoms with E-state index in [-0.39, 0.29) is 5.91 Å². The maximum absolute atomic E-state index is 12.2. The third-order valence-corrected chi connectivity index (χ3v) is 4.35. The fourth-order valence-corrected chi connectivity index (χ4v) is 2.98. The van der Waals surface area contributed by atoms with Crippen molar-refractivity contribution in [3.8, 4) is 0 Å². The van der Waals surface area contributed by atoms with Crippen molar-refractivity contribution in [2.24, 2.45) is 0 Å². The molecule has 0 aromatic heterocycles. The molecule has 1 aromatic carbocycles. The van der Waals surface area contributed by atoms with Gasteiger partial charge in [0, 0.05) is 17.8 Å². The second-order valence-corrected chi connectivity index (χ2v) is 5.90. The van der Waals surface area contributed by atoms with Gasteiger partial charge >= 0.3 is 0 Å². The van der Waals surface area contributed by atoms with Gasteiger partial charge in [0.15, 0.2) is 0 Å². The molecule has 1 amide bonds. The fourth-order valence-electron chi connectivity index (χ4n) is 2.98. The van der Waals surface area contributed by atoms with Crippen molar-refractivity contribution in [3.05, 3.63) is 29.8 Å². The quantitative estimate of drug-likeness (QED) is 0.912. The van der Waals surface area contributed by atoms with Crippen LogP contribution in [0, 0.1) is 0 Å². The topological polar surface area (TPSA) is 32.3 Å². The number of nitrogens with one attached hydrogen (secondary N) is 1. The Hall–Kier alpha value is -1.35. The Morgan fingerprint density at radius 3 is 2.35 bits per heavy atom. The van der Waals surface area contributed by atoms with E-state index in [2.05, 4.69) is 43.1 Å². The van der Waals surface area contributed by atoms with Gasteiger partial charge in [0.05, 0.1) is 6.54 Å². The largest absolute Gasteiger partial charge is 0.325 e. The summed E-state index contributed by atoms with van der Waals surface area (Å²) in [6.07, 6.45) is 4.70. The van der Waals surface area contributed by atoms with Gasteiger partial charge in [-0.25, -0.2) is 0 Å². The Kier molecular flexibility index (Phi) is 5.18. The van der Waals surface area contributed by atoms with Gasteiger partial charge < -0.3 is 5.32 Å². The van der Waals surface area contributed by atoms with Crippen LogP contribution in [-0.2, 0) is 11.2 Å². The summed E-state index contributed by atoms with van der Waals surface area (Å²) >= 11 is 0. The summed E-state index contributed by atoms with van der Waals surface area (Å²) in [4.78, 5) is 14.5. The van der Waals surface area contributed by atoms with Crippen molar-refractivity contribution in [2.75, 3.05) is 11.9 Å². The Morgan fingerprint density at radius 1 is 1.20 bits per heavy atom. The number of anilines is 1. The van der Waals surface area contributed by atoms with E-state index < -0.39 is 0 Å². The molecule has 110 valence electrons. The van der Waals surface area contributed by atoms with Crippen molar-refractivity contribution in [3.63, 3.8) is 0 Å². The second kappa shape index (κ2) is 6.89. The monoisotopic (exact) mass is 274 g/mol. The van der Waals surface area contributed by atoms with Crippen molar-refractivity contribution in [1.82, 2.24) is 4.90 Å². The Morgan fingerprint density at radius 2 is 1.80 bits per heavy atom. The first-order chi connectivity index (χ1) is 9.60. The molecule has 0 bridgehead atoms. The molecule has 2 atom stereocenters. The molecule has 1 aliphatic rings. The Labute approximate surface area is 122 Å². The molecule has 0 saturated carbocycles. The van der Waals surface area contributed by atoms with E-state index in [0.29, 0.717) is 18.6 Å². The summed E-state index contributed by atoms with van der Waals surface area (Å²) < 4.78 is 0. The lowest BCUT2D eigenvalue weighted by atomic mass is 9.97. The van der Waals surface area contributed by atoms with Crippen LogP contribution in [0.4, 0.5) is 5.69 Å². The van der Waals surface area contributed by atoms with Crippen LogP contribution >= 0.6 is 0 Å². The summed E-state index contributed by atoms with van der Waals surface area (Å²) in [5.74, 6) is 0.0925. The predicted molar refractivity (Wildman–Crippen MR) is 83.9 cm³/mol. The smallest absolute Gasteiger partial charge is 0.238 e. The summed E-state index contributed by atoms with van der Waals surface area (Å²) in [7, 11) is 0. The van der Waals surface area contributed by atoms with E-state index in [0.717, 1.165) is 12.1 Å². The molecule has 1 fully saturated rings. The number of nitrogens with zero attached hydrogens (tertiary/aromatic N) is 1. The number of hydrogen-bond donors (Lipinski definition) is 1. The molecule has 3 heteroatoms. The number of piperidine rings is 1. The number of carbonyl (C=O) groups is 1. The SMILES string of the molecule is CCc1ccc(NC(=O)CN2C(C)CCCC2C)cc1. The Bertz CT molecular complexity index is 431. The molecular formula is C17H26N2O. The van der Waals surface area contributed by atoms with Crippen molar-refractivity contribution in [1.29, 1.82) is 0 Å². The zero-order valence-corrected chi connectivity index (χ0v) is 12.9. The van der Waals surface area contributed by atoms with Crippen LogP contribution in [0.25, 0.3) is 0 Å². The number of benzene rings is 1. The van der Waals surface area contributed by atoms with Crippen molar-refractivity contribution < 1.29 is 4.79 Å². The van der Waals surface area contributed by atoms with E-state index in [1.165, 1.54) is 24.8 Å². The van der Waals surface area contributed by atoms with Gasteiger partial charge in [0.25, 0.3) is 0 Å². The third-order valence-electron chi connectivity index (χ3n) is 4.35. The van der Waals surface area contributed by atoms with Crippen molar-refractivity contribution in [2.45, 2.75) is 58.5 Å². The molecule has 2 unspecified atom stereocenters. The number of rotatable bonds is 4. The van der Waals surface area contributed by atoms with Gasteiger partial charge in [-0.3, -0.25) is 9.69 Å². The molecule has 1 aromatic rings. The first-order valence-electron chi connectivity index (χ1n) is 7.74. The molecule has 1 N–H and O–H groups in total. The van der Waals surface area contributed by atoms with Crippen molar-refractivity contribution >= 4 is 11.6 Å². The van der Waals surface area contributed by atoms with Gasteiger partial charge in [-0.2, -0.15) is 0 Å². The number of aryl methyl sites for hydroxylation is 1. The van der Waals surface area contributed by atoms with Crippen LogP contribution in [0.2, 0.25) is 0 Å². The molecular weight excluding hydrogens is 248 g/mol. The van der Waals surface area contributed by atoms with Crippen LogP contribution in [0.1, 0.15) is 45.6 Å². The van der Waals surface area contributed by atoms with E-state index in [9.17, 15) is 4.79 Å². The molecule has 1 saturated heterocycles. The molecule has 1 heterocycles. The van der Waals surface area contributed by atoms with Gasteiger partial charge in [-0.05, 0) is 50.8 Å². The number of amides is 1. The highest BCUT2D eigenvalue weighted by Gasteiger charge is 2.26. The maximum atomic E-state index is 12.2. The zero-order valence-electron chi connectivity index (χ0n) is 12.9. The van der Waals surface area contributed by atoms with Crippen LogP contribution in [-0.4, -0.2) is 29.4 Å². The summed E-state index contributed by atoms with van der Waals surface area (Å²) in [6, 6.07) is 9.13. The molecule has 0 aliphatic carbocycles. The normalized spacial score (nSPS) is 23.6. The lowest BCUT2D eigenvalue weighted by Crippen LogP contribution is -2.47. The maximum Gasteiger partial charge on any atom is 0.238 e. The van der Waals surface area contributed by atoms with E-state index in [1.807, 2.05) is 12.1 Å². The van der Waals surface area contributed by atoms with Crippen LogP contribution in [0.15, 0.2) is 24.3 Å². The highest BCUT2D eigenvalue weighted by atomic mass is 16.2. The van der Waals surface area contributed by atoms with Gasteiger partial charge in [-0.15, -0.1) is 0 Å².